The molecule has 34 heavy (non-hydrogen) atoms. The predicted molar refractivity (Wildman–Crippen MR) is 133 cm³/mol. The van der Waals surface area contributed by atoms with Gasteiger partial charge in [-0.05, 0) is 81.0 Å². The first-order valence-electron chi connectivity index (χ1n) is 11.9. The fourth-order valence-corrected chi connectivity index (χ4v) is 4.89. The average molecular weight is 480 g/mol. The third-order valence-electron chi connectivity index (χ3n) is 6.16. The van der Waals surface area contributed by atoms with E-state index < -0.39 is 5.60 Å². The van der Waals surface area contributed by atoms with E-state index >= 15 is 0 Å². The van der Waals surface area contributed by atoms with Gasteiger partial charge in [0.2, 0.25) is 0 Å². The number of hydrogen-bond acceptors (Lipinski definition) is 4. The Morgan fingerprint density at radius 2 is 1.97 bits per heavy atom. The van der Waals surface area contributed by atoms with Crippen LogP contribution in [0.15, 0.2) is 30.3 Å². The SMILES string of the molecule is CCCN(Cc1nc2c([nH]1)CCc1cc3c(cc1-2)OCc1cc(Cl)ccc1-3)C(=O)OC(C)(C)C. The summed E-state index contributed by atoms with van der Waals surface area (Å²) >= 11 is 6.18. The van der Waals surface area contributed by atoms with E-state index in [1.54, 1.807) is 4.90 Å². The lowest BCUT2D eigenvalue weighted by atomic mass is 9.87. The third-order valence-corrected chi connectivity index (χ3v) is 6.39. The monoisotopic (exact) mass is 479 g/mol. The van der Waals surface area contributed by atoms with Crippen molar-refractivity contribution in [1.29, 1.82) is 0 Å². The number of H-pyrrole nitrogens is 1. The van der Waals surface area contributed by atoms with Crippen molar-refractivity contribution in [3.8, 4) is 28.1 Å². The molecule has 5 rings (SSSR count). The normalized spacial score (nSPS) is 13.8. The van der Waals surface area contributed by atoms with Crippen LogP contribution < -0.4 is 4.74 Å². The Morgan fingerprint density at radius 1 is 1.15 bits per heavy atom. The Labute approximate surface area is 205 Å². The minimum atomic E-state index is -0.534. The van der Waals surface area contributed by atoms with E-state index in [0.29, 0.717) is 19.7 Å². The van der Waals surface area contributed by atoms with Crippen LogP contribution in [0.1, 0.15) is 56.8 Å². The van der Waals surface area contributed by atoms with E-state index in [9.17, 15) is 4.79 Å². The van der Waals surface area contributed by atoms with E-state index in [4.69, 9.17) is 26.1 Å². The molecule has 0 radical (unpaired) electrons. The second kappa shape index (κ2) is 8.66. The van der Waals surface area contributed by atoms with Crippen LogP contribution in [-0.4, -0.2) is 33.1 Å². The van der Waals surface area contributed by atoms with Gasteiger partial charge in [0.25, 0.3) is 0 Å². The number of nitrogens with zero attached hydrogens (tertiary/aromatic N) is 2. The number of aryl methyl sites for hydroxylation is 2. The Morgan fingerprint density at radius 3 is 2.74 bits per heavy atom. The molecule has 2 aromatic carbocycles. The molecule has 0 fully saturated rings. The number of aromatic nitrogens is 2. The summed E-state index contributed by atoms with van der Waals surface area (Å²) in [6.07, 6.45) is 2.33. The highest BCUT2D eigenvalue weighted by Gasteiger charge is 2.27. The Hall–Kier alpha value is -2.99. The smallest absolute Gasteiger partial charge is 0.410 e. The summed E-state index contributed by atoms with van der Waals surface area (Å²) in [5.41, 5.74) is 7.26. The van der Waals surface area contributed by atoms with E-state index in [1.807, 2.05) is 32.9 Å². The molecule has 1 aliphatic carbocycles. The van der Waals surface area contributed by atoms with Crippen LogP contribution in [0, 0.1) is 0 Å². The highest BCUT2D eigenvalue weighted by atomic mass is 35.5. The molecule has 1 aromatic heterocycles. The maximum absolute atomic E-state index is 12.7. The molecule has 0 spiro atoms. The summed E-state index contributed by atoms with van der Waals surface area (Å²) in [4.78, 5) is 22.8. The van der Waals surface area contributed by atoms with Gasteiger partial charge in [0.1, 0.15) is 23.8 Å². The van der Waals surface area contributed by atoms with Crippen molar-refractivity contribution in [2.75, 3.05) is 6.54 Å². The zero-order valence-electron chi connectivity index (χ0n) is 20.1. The van der Waals surface area contributed by atoms with E-state index in [2.05, 4.69) is 30.1 Å². The molecular weight excluding hydrogens is 450 g/mol. The fraction of sp³-hybridized carbons (Fsp3) is 0.407. The number of carbonyl (C=O) groups is 1. The van der Waals surface area contributed by atoms with Crippen molar-refractivity contribution in [3.05, 3.63) is 58.0 Å². The van der Waals surface area contributed by atoms with Gasteiger partial charge in [-0.25, -0.2) is 9.78 Å². The van der Waals surface area contributed by atoms with Gasteiger partial charge in [0, 0.05) is 28.4 Å². The molecule has 0 unspecified atom stereocenters. The zero-order chi connectivity index (χ0) is 24.0. The molecule has 2 aliphatic rings. The van der Waals surface area contributed by atoms with Crippen LogP contribution in [0.4, 0.5) is 4.79 Å². The lowest BCUT2D eigenvalue weighted by Gasteiger charge is -2.26. The Balaban J connectivity index is 1.45. The van der Waals surface area contributed by atoms with Gasteiger partial charge in [0.05, 0.1) is 12.2 Å². The van der Waals surface area contributed by atoms with Crippen LogP contribution in [0.3, 0.4) is 0 Å². The quantitative estimate of drug-likeness (QED) is 0.461. The van der Waals surface area contributed by atoms with Crippen molar-refractivity contribution in [2.45, 2.75) is 65.7 Å². The molecule has 3 aromatic rings. The number of hydrogen-bond donors (Lipinski definition) is 1. The van der Waals surface area contributed by atoms with Crippen molar-refractivity contribution in [1.82, 2.24) is 14.9 Å². The van der Waals surface area contributed by atoms with Crippen LogP contribution in [0.25, 0.3) is 22.4 Å². The third kappa shape index (κ3) is 4.39. The number of carbonyl (C=O) groups excluding carboxylic acids is 1. The Kier molecular flexibility index (Phi) is 5.80. The Bertz CT molecular complexity index is 1260. The molecule has 6 nitrogen and oxygen atoms in total. The molecule has 7 heteroatoms. The zero-order valence-corrected chi connectivity index (χ0v) is 20.9. The number of nitrogens with one attached hydrogen (secondary N) is 1. The van der Waals surface area contributed by atoms with Gasteiger partial charge in [-0.15, -0.1) is 0 Å². The lowest BCUT2D eigenvalue weighted by molar-refractivity contribution is 0.0229. The maximum Gasteiger partial charge on any atom is 0.410 e. The van der Waals surface area contributed by atoms with Crippen LogP contribution in [-0.2, 0) is 30.7 Å². The van der Waals surface area contributed by atoms with Gasteiger partial charge in [-0.2, -0.15) is 0 Å². The van der Waals surface area contributed by atoms with Gasteiger partial charge in [-0.1, -0.05) is 24.6 Å². The second-order valence-corrected chi connectivity index (χ2v) is 10.4. The molecule has 178 valence electrons. The van der Waals surface area contributed by atoms with Gasteiger partial charge in [-0.3, -0.25) is 0 Å². The van der Waals surface area contributed by atoms with Gasteiger partial charge >= 0.3 is 6.09 Å². The summed E-state index contributed by atoms with van der Waals surface area (Å²) < 4.78 is 11.7. The summed E-state index contributed by atoms with van der Waals surface area (Å²) in [6.45, 7) is 9.20. The number of aromatic amines is 1. The molecule has 2 heterocycles. The minimum Gasteiger partial charge on any atom is -0.488 e. The number of amides is 1. The summed E-state index contributed by atoms with van der Waals surface area (Å²) in [5.74, 6) is 1.64. The van der Waals surface area contributed by atoms with E-state index in [1.165, 1.54) is 11.1 Å². The molecule has 0 saturated heterocycles. The van der Waals surface area contributed by atoms with E-state index in [0.717, 1.165) is 63.9 Å². The lowest BCUT2D eigenvalue weighted by Crippen LogP contribution is -2.37. The summed E-state index contributed by atoms with van der Waals surface area (Å²) in [5, 5.41) is 0.723. The summed E-state index contributed by atoms with van der Waals surface area (Å²) in [7, 11) is 0. The van der Waals surface area contributed by atoms with Crippen molar-refractivity contribution in [2.24, 2.45) is 0 Å². The molecular formula is C27H30ClN3O3. The topological polar surface area (TPSA) is 67.5 Å². The summed E-state index contributed by atoms with van der Waals surface area (Å²) in [6, 6.07) is 10.3. The van der Waals surface area contributed by atoms with Crippen molar-refractivity contribution < 1.29 is 14.3 Å². The number of halogens is 1. The van der Waals surface area contributed by atoms with Crippen molar-refractivity contribution >= 4 is 17.7 Å². The maximum atomic E-state index is 12.7. The number of benzene rings is 2. The minimum absolute atomic E-state index is 0.314. The first-order chi connectivity index (χ1) is 16.2. The molecule has 1 aliphatic heterocycles. The van der Waals surface area contributed by atoms with Crippen LogP contribution in [0.5, 0.6) is 5.75 Å². The van der Waals surface area contributed by atoms with E-state index in [-0.39, 0.29) is 6.09 Å². The fourth-order valence-electron chi connectivity index (χ4n) is 4.70. The van der Waals surface area contributed by atoms with Crippen LogP contribution in [0.2, 0.25) is 5.02 Å². The highest BCUT2D eigenvalue weighted by Crippen LogP contribution is 2.44. The largest absolute Gasteiger partial charge is 0.488 e. The first-order valence-corrected chi connectivity index (χ1v) is 12.2. The molecule has 1 N–H and O–H groups in total. The molecule has 1 amide bonds. The number of rotatable bonds is 4. The molecule has 0 bridgehead atoms. The van der Waals surface area contributed by atoms with Crippen LogP contribution >= 0.6 is 11.6 Å². The number of imidazole rings is 1. The highest BCUT2D eigenvalue weighted by molar-refractivity contribution is 6.30. The molecule has 0 atom stereocenters. The van der Waals surface area contributed by atoms with Crippen molar-refractivity contribution in [3.63, 3.8) is 0 Å². The van der Waals surface area contributed by atoms with Gasteiger partial charge in [0.15, 0.2) is 0 Å². The standard InChI is InChI=1S/C27H30ClN3O3/c1-5-10-31(26(32)34-27(2,3)4)14-24-29-22-9-6-16-12-21-19-8-7-18(28)11-17(19)15-33-23(21)13-20(16)25(22)30-24/h7-8,11-13H,5-6,9-10,14-15H2,1-4H3,(H,29,30). The molecule has 0 saturated carbocycles. The van der Waals surface area contributed by atoms with Gasteiger partial charge < -0.3 is 19.4 Å². The number of ether oxygens (including phenoxy) is 2. The second-order valence-electron chi connectivity index (χ2n) is 10.0. The predicted octanol–water partition coefficient (Wildman–Crippen LogP) is 6.54. The number of fused-ring (bicyclic) bond motifs is 6. The average Bonchev–Trinajstić information content (AvgIpc) is 3.19. The first kappa shape index (κ1) is 22.8.